The molecule has 0 aromatic heterocycles. The molecule has 0 saturated heterocycles. The van der Waals surface area contributed by atoms with Crippen LogP contribution in [-0.4, -0.2) is 30.5 Å². The van der Waals surface area contributed by atoms with Crippen molar-refractivity contribution >= 4 is 14.0 Å². The van der Waals surface area contributed by atoms with Gasteiger partial charge >= 0.3 is 0 Å². The fourth-order valence-electron chi connectivity index (χ4n) is 2.36. The molecule has 20 heavy (non-hydrogen) atoms. The van der Waals surface area contributed by atoms with Crippen molar-refractivity contribution in [2.24, 2.45) is 0 Å². The summed E-state index contributed by atoms with van der Waals surface area (Å²) in [6, 6.07) is 8.52. The number of hydrogen-bond acceptors (Lipinski definition) is 2. The lowest BCUT2D eigenvalue weighted by Gasteiger charge is -2.19. The molecule has 1 N–H and O–H groups in total. The maximum Gasteiger partial charge on any atom is 0.256 e. The van der Waals surface area contributed by atoms with E-state index < -0.39 is 14.3 Å². The van der Waals surface area contributed by atoms with E-state index >= 15 is 0 Å². The molecular weight excluding hydrogens is 266 g/mol. The molecule has 4 heteroatoms. The van der Waals surface area contributed by atoms with Gasteiger partial charge in [0.1, 0.15) is 0 Å². The van der Waals surface area contributed by atoms with Gasteiger partial charge in [-0.3, -0.25) is 4.79 Å². The highest BCUT2D eigenvalue weighted by Gasteiger charge is 2.33. The number of aliphatic hydroxyl groups excluding tert-OH is 1. The third-order valence-corrected chi connectivity index (χ3v) is 5.34. The Morgan fingerprint density at radius 2 is 1.95 bits per heavy atom. The van der Waals surface area contributed by atoms with Gasteiger partial charge in [-0.25, -0.2) is 0 Å². The topological polar surface area (TPSA) is 40.5 Å². The van der Waals surface area contributed by atoms with Crippen LogP contribution in [0.3, 0.4) is 0 Å². The molecule has 108 valence electrons. The van der Waals surface area contributed by atoms with Crippen LogP contribution >= 0.6 is 0 Å². The number of hydrogen-bond donors (Lipinski definition) is 1. The van der Waals surface area contributed by atoms with E-state index in [0.29, 0.717) is 17.7 Å². The maximum absolute atomic E-state index is 12.2. The number of aliphatic hydroxyl groups is 1. The number of fused-ring (bicyclic) bond motifs is 1. The third-order valence-electron chi connectivity index (χ3n) is 3.56. The van der Waals surface area contributed by atoms with Crippen LogP contribution in [-0.2, 0) is 0 Å². The summed E-state index contributed by atoms with van der Waals surface area (Å²) in [5.41, 5.74) is 1.34. The third kappa shape index (κ3) is 3.38. The first-order valence-electron chi connectivity index (χ1n) is 7.13. The van der Waals surface area contributed by atoms with Crippen LogP contribution < -0.4 is 0 Å². The minimum absolute atomic E-state index is 0.0806. The van der Waals surface area contributed by atoms with Crippen molar-refractivity contribution in [3.8, 4) is 0 Å². The number of carbonyl (C=O) groups is 1. The van der Waals surface area contributed by atoms with Crippen molar-refractivity contribution in [3.63, 3.8) is 0 Å². The van der Waals surface area contributed by atoms with Crippen LogP contribution in [0.2, 0.25) is 25.7 Å². The van der Waals surface area contributed by atoms with Gasteiger partial charge in [-0.05, 0) is 12.5 Å². The first-order chi connectivity index (χ1) is 9.40. The van der Waals surface area contributed by atoms with Crippen LogP contribution in [0.1, 0.15) is 28.6 Å². The lowest BCUT2D eigenvalue weighted by atomic mass is 10.1. The fourth-order valence-corrected chi connectivity index (χ4v) is 3.39. The summed E-state index contributed by atoms with van der Waals surface area (Å²) in [5.74, 6) is -0.0806. The predicted molar refractivity (Wildman–Crippen MR) is 84.3 cm³/mol. The number of nitrogens with zero attached hydrogens (tertiary/aromatic N) is 1. The number of rotatable bonds is 5. The van der Waals surface area contributed by atoms with Crippen molar-refractivity contribution in [2.75, 3.05) is 6.54 Å². The van der Waals surface area contributed by atoms with Crippen molar-refractivity contribution < 1.29 is 9.90 Å². The average molecular weight is 289 g/mol. The van der Waals surface area contributed by atoms with Gasteiger partial charge < -0.3 is 10.0 Å². The summed E-state index contributed by atoms with van der Waals surface area (Å²) in [4.78, 5) is 13.7. The molecule has 1 heterocycles. The largest absolute Gasteiger partial charge is 0.369 e. The van der Waals surface area contributed by atoms with E-state index in [1.807, 2.05) is 24.3 Å². The number of carbonyl (C=O) groups excluding carboxylic acids is 1. The second-order valence-electron chi connectivity index (χ2n) is 6.49. The molecule has 3 nitrogen and oxygen atoms in total. The molecule has 1 aliphatic rings. The molecule has 1 atom stereocenters. The molecule has 0 aliphatic carbocycles. The molecule has 1 aromatic rings. The molecule has 1 amide bonds. The number of amides is 1. The Balaban J connectivity index is 1.92. The molecule has 0 radical (unpaired) electrons. The Labute approximate surface area is 121 Å². The Kier molecular flexibility index (Phi) is 4.45. The van der Waals surface area contributed by atoms with Gasteiger partial charge in [0.15, 0.2) is 6.23 Å². The number of benzene rings is 1. The average Bonchev–Trinajstić information content (AvgIpc) is 2.62. The lowest BCUT2D eigenvalue weighted by Crippen LogP contribution is -2.28. The van der Waals surface area contributed by atoms with Crippen LogP contribution in [0.25, 0.3) is 0 Å². The summed E-state index contributed by atoms with van der Waals surface area (Å²) in [7, 11) is -0.999. The monoisotopic (exact) mass is 289 g/mol. The van der Waals surface area contributed by atoms with E-state index in [4.69, 9.17) is 0 Å². The summed E-state index contributed by atoms with van der Waals surface area (Å²) >= 11 is 0. The highest BCUT2D eigenvalue weighted by atomic mass is 28.3. The maximum atomic E-state index is 12.2. The van der Waals surface area contributed by atoms with Gasteiger partial charge in [-0.15, -0.1) is 0 Å². The molecule has 0 bridgehead atoms. The summed E-state index contributed by atoms with van der Waals surface area (Å²) in [5, 5.41) is 10.2. The Hall–Kier alpha value is -1.39. The molecule has 2 rings (SSSR count). The smallest absolute Gasteiger partial charge is 0.256 e. The second kappa shape index (κ2) is 5.93. The van der Waals surface area contributed by atoms with Crippen LogP contribution in [0.15, 0.2) is 36.4 Å². The van der Waals surface area contributed by atoms with Gasteiger partial charge in [0, 0.05) is 25.7 Å². The van der Waals surface area contributed by atoms with E-state index in [1.54, 1.807) is 6.07 Å². The van der Waals surface area contributed by atoms with E-state index in [9.17, 15) is 9.90 Å². The Morgan fingerprint density at radius 3 is 2.60 bits per heavy atom. The normalized spacial score (nSPS) is 18.9. The number of allylic oxidation sites excluding steroid dienone is 1. The Morgan fingerprint density at radius 1 is 1.25 bits per heavy atom. The zero-order chi connectivity index (χ0) is 14.8. The molecule has 1 unspecified atom stereocenters. The second-order valence-corrected chi connectivity index (χ2v) is 12.1. The van der Waals surface area contributed by atoms with Crippen LogP contribution in [0.4, 0.5) is 0 Å². The first kappa shape index (κ1) is 15.0. The summed E-state index contributed by atoms with van der Waals surface area (Å²) in [6.45, 7) is 7.53. The van der Waals surface area contributed by atoms with E-state index in [2.05, 4.69) is 25.7 Å². The minimum Gasteiger partial charge on any atom is -0.369 e. The predicted octanol–water partition coefficient (Wildman–Crippen LogP) is 3.42. The van der Waals surface area contributed by atoms with Crippen molar-refractivity contribution in [2.45, 2.75) is 38.3 Å². The molecule has 1 aromatic carbocycles. The van der Waals surface area contributed by atoms with Crippen molar-refractivity contribution in [1.82, 2.24) is 4.90 Å². The molecular formula is C16H23NO2Si. The first-order valence-corrected chi connectivity index (χ1v) is 10.8. The lowest BCUT2D eigenvalue weighted by molar-refractivity contribution is 0.0232. The SMILES string of the molecule is C[Si](C)(C)CC/C=C/CN1C(=O)c2ccccc2C1O. The quantitative estimate of drug-likeness (QED) is 0.666. The van der Waals surface area contributed by atoms with Gasteiger partial charge in [0.2, 0.25) is 0 Å². The highest BCUT2D eigenvalue weighted by Crippen LogP contribution is 2.30. The van der Waals surface area contributed by atoms with Gasteiger partial charge in [-0.2, -0.15) is 0 Å². The molecule has 1 aliphatic heterocycles. The van der Waals surface area contributed by atoms with E-state index in [1.165, 1.54) is 10.9 Å². The van der Waals surface area contributed by atoms with Crippen molar-refractivity contribution in [3.05, 3.63) is 47.5 Å². The molecule has 0 fully saturated rings. The fraction of sp³-hybridized carbons (Fsp3) is 0.438. The summed E-state index contributed by atoms with van der Waals surface area (Å²) < 4.78 is 0. The van der Waals surface area contributed by atoms with E-state index in [0.717, 1.165) is 6.42 Å². The highest BCUT2D eigenvalue weighted by molar-refractivity contribution is 6.76. The van der Waals surface area contributed by atoms with E-state index in [-0.39, 0.29) is 5.91 Å². The summed E-state index contributed by atoms with van der Waals surface area (Å²) in [6.07, 6.45) is 4.37. The van der Waals surface area contributed by atoms with Gasteiger partial charge in [0.05, 0.1) is 0 Å². The zero-order valence-electron chi connectivity index (χ0n) is 12.5. The van der Waals surface area contributed by atoms with Crippen LogP contribution in [0.5, 0.6) is 0 Å². The van der Waals surface area contributed by atoms with Crippen molar-refractivity contribution in [1.29, 1.82) is 0 Å². The molecule has 0 saturated carbocycles. The Bertz CT molecular complexity index is 519. The minimum atomic E-state index is -0.999. The van der Waals surface area contributed by atoms with Gasteiger partial charge in [-0.1, -0.05) is 56.0 Å². The zero-order valence-corrected chi connectivity index (χ0v) is 13.5. The standard InChI is InChI=1S/C16H23NO2Si/c1-20(2,3)12-8-4-7-11-17-15(18)13-9-5-6-10-14(13)16(17)19/h4-7,9-10,15,18H,8,11-12H2,1-3H3/b7-4+. The molecule has 0 spiro atoms. The van der Waals surface area contributed by atoms with Crippen LogP contribution in [0, 0.1) is 0 Å². The van der Waals surface area contributed by atoms with Gasteiger partial charge in [0.25, 0.3) is 5.91 Å².